The average Bonchev–Trinajstić information content (AvgIpc) is 2.55. The van der Waals surface area contributed by atoms with Gasteiger partial charge >= 0.3 is 0 Å². The molecule has 25 heavy (non-hydrogen) atoms. The molecule has 0 unspecified atom stereocenters. The van der Waals surface area contributed by atoms with Crippen LogP contribution in [0, 0.1) is 42.6 Å². The predicted octanol–water partition coefficient (Wildman–Crippen LogP) is 4.11. The van der Waals surface area contributed by atoms with Crippen LogP contribution in [-0.4, -0.2) is 16.1 Å². The fraction of sp³-hybridized carbons (Fsp3) is 0.235. The van der Waals surface area contributed by atoms with Gasteiger partial charge < -0.3 is 5.32 Å². The van der Waals surface area contributed by atoms with Gasteiger partial charge in [-0.05, 0) is 44.5 Å². The van der Waals surface area contributed by atoms with Gasteiger partial charge in [-0.15, -0.1) is 0 Å². The van der Waals surface area contributed by atoms with Gasteiger partial charge in [0, 0.05) is 5.69 Å². The highest BCUT2D eigenvalue weighted by molar-refractivity contribution is 8.00. The lowest BCUT2D eigenvalue weighted by Crippen LogP contribution is -2.23. The smallest absolute Gasteiger partial charge is 0.237 e. The van der Waals surface area contributed by atoms with Crippen molar-refractivity contribution in [3.8, 4) is 6.07 Å². The molecule has 0 aliphatic rings. The molecule has 1 N–H and O–H groups in total. The molecule has 0 radical (unpaired) electrons. The van der Waals surface area contributed by atoms with E-state index in [2.05, 4.69) is 10.3 Å². The number of anilines is 1. The van der Waals surface area contributed by atoms with E-state index in [9.17, 15) is 23.2 Å². The summed E-state index contributed by atoms with van der Waals surface area (Å²) < 4.78 is 39.8. The molecule has 8 heteroatoms. The first-order valence-corrected chi connectivity index (χ1v) is 8.12. The number of hydrogen-bond donors (Lipinski definition) is 1. The van der Waals surface area contributed by atoms with Crippen molar-refractivity contribution in [1.29, 1.82) is 5.26 Å². The van der Waals surface area contributed by atoms with Crippen LogP contribution in [0.5, 0.6) is 0 Å². The average molecular weight is 365 g/mol. The van der Waals surface area contributed by atoms with Gasteiger partial charge in [-0.25, -0.2) is 18.2 Å². The summed E-state index contributed by atoms with van der Waals surface area (Å²) >= 11 is 1.03. The van der Waals surface area contributed by atoms with Gasteiger partial charge in [0.05, 0.1) is 16.5 Å². The number of halogens is 3. The number of rotatable bonds is 4. The van der Waals surface area contributed by atoms with Crippen molar-refractivity contribution < 1.29 is 18.0 Å². The fourth-order valence-corrected chi connectivity index (χ4v) is 3.12. The second-order valence-electron chi connectivity index (χ2n) is 5.34. The topological polar surface area (TPSA) is 65.8 Å². The van der Waals surface area contributed by atoms with E-state index in [0.717, 1.165) is 29.5 Å². The summed E-state index contributed by atoms with van der Waals surface area (Å²) in [6, 6.07) is 5.47. The Labute approximate surface area is 147 Å². The zero-order chi connectivity index (χ0) is 18.7. The van der Waals surface area contributed by atoms with Crippen LogP contribution in [0.2, 0.25) is 0 Å². The number of nitriles is 1. The second-order valence-corrected chi connectivity index (χ2v) is 6.67. The summed E-state index contributed by atoms with van der Waals surface area (Å²) in [6.45, 7) is 5.07. The van der Waals surface area contributed by atoms with Crippen LogP contribution in [0.15, 0.2) is 23.2 Å². The molecule has 2 rings (SSSR count). The monoisotopic (exact) mass is 365 g/mol. The highest BCUT2D eigenvalue weighted by Gasteiger charge is 2.21. The van der Waals surface area contributed by atoms with Crippen LogP contribution in [-0.2, 0) is 4.79 Å². The van der Waals surface area contributed by atoms with E-state index in [-0.39, 0.29) is 0 Å². The van der Waals surface area contributed by atoms with Crippen LogP contribution in [0.4, 0.5) is 18.9 Å². The number of carbonyl (C=O) groups is 1. The summed E-state index contributed by atoms with van der Waals surface area (Å²) in [4.78, 5) is 16.5. The van der Waals surface area contributed by atoms with Gasteiger partial charge in [-0.2, -0.15) is 5.26 Å². The minimum Gasteiger partial charge on any atom is -0.323 e. The summed E-state index contributed by atoms with van der Waals surface area (Å²) in [7, 11) is 0. The highest BCUT2D eigenvalue weighted by atomic mass is 32.2. The van der Waals surface area contributed by atoms with Crippen molar-refractivity contribution in [1.82, 2.24) is 4.98 Å². The molecule has 2 aromatic rings. The van der Waals surface area contributed by atoms with Gasteiger partial charge in [0.15, 0.2) is 17.5 Å². The number of hydrogen-bond acceptors (Lipinski definition) is 4. The maximum atomic E-state index is 13.6. The number of pyridine rings is 1. The molecule has 4 nitrogen and oxygen atoms in total. The van der Waals surface area contributed by atoms with Crippen molar-refractivity contribution >= 4 is 23.4 Å². The number of aromatic nitrogens is 1. The highest BCUT2D eigenvalue weighted by Crippen LogP contribution is 2.28. The van der Waals surface area contributed by atoms with Crippen LogP contribution in [0.25, 0.3) is 0 Å². The lowest BCUT2D eigenvalue weighted by molar-refractivity contribution is -0.115. The van der Waals surface area contributed by atoms with Crippen molar-refractivity contribution in [2.45, 2.75) is 31.0 Å². The lowest BCUT2D eigenvalue weighted by atomic mass is 10.1. The summed E-state index contributed by atoms with van der Waals surface area (Å²) in [5.74, 6) is -5.08. The second kappa shape index (κ2) is 7.57. The first-order valence-electron chi connectivity index (χ1n) is 7.24. The maximum absolute atomic E-state index is 13.6. The summed E-state index contributed by atoms with van der Waals surface area (Å²) in [5, 5.41) is 11.1. The summed E-state index contributed by atoms with van der Waals surface area (Å²) in [5.41, 5.74) is 1.33. The zero-order valence-corrected chi connectivity index (χ0v) is 14.5. The third kappa shape index (κ3) is 4.12. The maximum Gasteiger partial charge on any atom is 0.237 e. The number of aryl methyl sites for hydroxylation is 2. The Morgan fingerprint density at radius 2 is 1.96 bits per heavy atom. The Morgan fingerprint density at radius 1 is 1.28 bits per heavy atom. The molecule has 130 valence electrons. The van der Waals surface area contributed by atoms with E-state index < -0.39 is 34.3 Å². The molecule has 0 fully saturated rings. The van der Waals surface area contributed by atoms with Crippen molar-refractivity contribution in [3.63, 3.8) is 0 Å². The van der Waals surface area contributed by atoms with Gasteiger partial charge in [-0.3, -0.25) is 4.79 Å². The van der Waals surface area contributed by atoms with Gasteiger partial charge in [0.1, 0.15) is 11.1 Å². The molecule has 1 atom stereocenters. The van der Waals surface area contributed by atoms with E-state index in [4.69, 9.17) is 0 Å². The van der Waals surface area contributed by atoms with Crippen molar-refractivity contribution in [3.05, 3.63) is 52.5 Å². The number of benzene rings is 1. The van der Waals surface area contributed by atoms with E-state index >= 15 is 0 Å². The quantitative estimate of drug-likeness (QED) is 0.654. The van der Waals surface area contributed by atoms with Crippen LogP contribution in [0.1, 0.15) is 23.7 Å². The van der Waals surface area contributed by atoms with E-state index in [0.29, 0.717) is 16.3 Å². The lowest BCUT2D eigenvalue weighted by Gasteiger charge is -2.14. The predicted molar refractivity (Wildman–Crippen MR) is 88.7 cm³/mol. The third-order valence-corrected chi connectivity index (χ3v) is 4.46. The molecule has 0 aliphatic carbocycles. The Bertz CT molecular complexity index is 880. The fourth-order valence-electron chi connectivity index (χ4n) is 2.10. The normalized spacial score (nSPS) is 11.7. The van der Waals surface area contributed by atoms with Gasteiger partial charge in [0.25, 0.3) is 0 Å². The van der Waals surface area contributed by atoms with Gasteiger partial charge in [0.2, 0.25) is 5.91 Å². The number of amides is 1. The Balaban J connectivity index is 2.20. The third-order valence-electron chi connectivity index (χ3n) is 3.37. The molecule has 1 aromatic heterocycles. The number of thioether (sulfide) groups is 1. The zero-order valence-electron chi connectivity index (χ0n) is 13.7. The minimum atomic E-state index is -1.65. The SMILES string of the molecule is Cc1cc(C)c(C#N)c(S[C@@H](C)C(=O)Nc2ccc(F)c(F)c2F)n1. The van der Waals surface area contributed by atoms with Crippen molar-refractivity contribution in [2.24, 2.45) is 0 Å². The molecule has 1 amide bonds. The van der Waals surface area contributed by atoms with E-state index in [1.54, 1.807) is 19.9 Å². The Morgan fingerprint density at radius 3 is 2.60 bits per heavy atom. The summed E-state index contributed by atoms with van der Waals surface area (Å²) in [6.07, 6.45) is 0. The molecule has 0 spiro atoms. The largest absolute Gasteiger partial charge is 0.323 e. The molecular weight excluding hydrogens is 351 g/mol. The number of nitrogens with one attached hydrogen (secondary N) is 1. The minimum absolute atomic E-state index is 0.356. The molecule has 1 aromatic carbocycles. The van der Waals surface area contributed by atoms with Crippen molar-refractivity contribution in [2.75, 3.05) is 5.32 Å². The molecule has 0 saturated heterocycles. The Kier molecular flexibility index (Phi) is 5.69. The van der Waals surface area contributed by atoms with Crippen LogP contribution in [0.3, 0.4) is 0 Å². The van der Waals surface area contributed by atoms with E-state index in [1.807, 2.05) is 6.07 Å². The Hall–Kier alpha value is -2.53. The standard InChI is InChI=1S/C17H14F3N3OS/c1-8-6-9(2)22-17(11(8)7-21)25-10(3)16(24)23-13-5-4-12(18)14(19)15(13)20/h4-6,10H,1-3H3,(H,23,24)/t10-/m0/s1. The number of nitrogens with zero attached hydrogens (tertiary/aromatic N) is 2. The molecule has 0 saturated carbocycles. The molecular formula is C17H14F3N3OS. The number of carbonyl (C=O) groups excluding carboxylic acids is 1. The first kappa shape index (κ1) is 18.8. The van der Waals surface area contributed by atoms with Crippen LogP contribution >= 0.6 is 11.8 Å². The molecule has 0 aliphatic heterocycles. The molecule has 1 heterocycles. The first-order chi connectivity index (χ1) is 11.7. The van der Waals surface area contributed by atoms with Crippen LogP contribution < -0.4 is 5.32 Å². The van der Waals surface area contributed by atoms with Gasteiger partial charge in [-0.1, -0.05) is 11.8 Å². The van der Waals surface area contributed by atoms with E-state index in [1.165, 1.54) is 6.92 Å². The molecule has 0 bridgehead atoms.